The number of aliphatic hydroxyl groups is 1. The van der Waals surface area contributed by atoms with E-state index in [1.807, 2.05) is 0 Å². The molecule has 1 aliphatic carbocycles. The van der Waals surface area contributed by atoms with Crippen molar-refractivity contribution in [3.05, 3.63) is 0 Å². The predicted molar refractivity (Wildman–Crippen MR) is 62.7 cm³/mol. The van der Waals surface area contributed by atoms with Crippen LogP contribution in [-0.4, -0.2) is 17.2 Å². The standard InChI is InChI=1S/C13H23NO2/c1-2-3-10-4-7-13(8-5-10)9-6-11(15)14-12(13)16/h10,12,16H,2-9H2,1H3,(H,14,15)/t10?,12-,13?/m1/s1. The maximum absolute atomic E-state index is 11.2. The number of nitrogens with one attached hydrogen (secondary N) is 1. The van der Waals surface area contributed by atoms with Crippen LogP contribution in [0.5, 0.6) is 0 Å². The Bertz CT molecular complexity index is 257. The molecule has 0 aromatic carbocycles. The first-order valence-electron chi connectivity index (χ1n) is 6.64. The normalized spacial score (nSPS) is 39.8. The Balaban J connectivity index is 1.93. The van der Waals surface area contributed by atoms with Gasteiger partial charge in [0, 0.05) is 11.8 Å². The fourth-order valence-electron chi connectivity index (χ4n) is 3.35. The molecule has 3 heteroatoms. The van der Waals surface area contributed by atoms with E-state index < -0.39 is 6.23 Å². The number of aliphatic hydroxyl groups excluding tert-OH is 1. The van der Waals surface area contributed by atoms with Gasteiger partial charge in [0.1, 0.15) is 6.23 Å². The van der Waals surface area contributed by atoms with Crippen LogP contribution in [0.4, 0.5) is 0 Å². The fourth-order valence-corrected chi connectivity index (χ4v) is 3.35. The third-order valence-electron chi connectivity index (χ3n) is 4.53. The highest BCUT2D eigenvalue weighted by molar-refractivity contribution is 5.77. The Hall–Kier alpha value is -0.570. The second-order valence-electron chi connectivity index (χ2n) is 5.56. The molecule has 3 nitrogen and oxygen atoms in total. The zero-order valence-electron chi connectivity index (χ0n) is 10.2. The summed E-state index contributed by atoms with van der Waals surface area (Å²) in [5.41, 5.74) is -0.00183. The molecule has 2 fully saturated rings. The molecular formula is C13H23NO2. The lowest BCUT2D eigenvalue weighted by Gasteiger charge is -2.46. The van der Waals surface area contributed by atoms with E-state index in [0.29, 0.717) is 6.42 Å². The summed E-state index contributed by atoms with van der Waals surface area (Å²) < 4.78 is 0. The van der Waals surface area contributed by atoms with E-state index in [9.17, 15) is 9.90 Å². The highest BCUT2D eigenvalue weighted by Crippen LogP contribution is 2.46. The van der Waals surface area contributed by atoms with Gasteiger partial charge in [0.05, 0.1) is 0 Å². The zero-order valence-corrected chi connectivity index (χ0v) is 10.2. The molecule has 2 N–H and O–H groups in total. The van der Waals surface area contributed by atoms with E-state index in [-0.39, 0.29) is 11.3 Å². The second kappa shape index (κ2) is 4.74. The van der Waals surface area contributed by atoms with Crippen molar-refractivity contribution in [2.75, 3.05) is 0 Å². The van der Waals surface area contributed by atoms with Crippen LogP contribution in [0.25, 0.3) is 0 Å². The van der Waals surface area contributed by atoms with Crippen molar-refractivity contribution in [1.82, 2.24) is 5.32 Å². The van der Waals surface area contributed by atoms with Gasteiger partial charge in [-0.1, -0.05) is 19.8 Å². The van der Waals surface area contributed by atoms with Crippen LogP contribution in [0.3, 0.4) is 0 Å². The largest absolute Gasteiger partial charge is 0.373 e. The second-order valence-corrected chi connectivity index (χ2v) is 5.56. The van der Waals surface area contributed by atoms with Crippen LogP contribution < -0.4 is 5.32 Å². The van der Waals surface area contributed by atoms with Crippen LogP contribution in [0.1, 0.15) is 58.3 Å². The first kappa shape index (κ1) is 11.9. The first-order chi connectivity index (χ1) is 7.66. The van der Waals surface area contributed by atoms with Gasteiger partial charge in [-0.25, -0.2) is 0 Å². The first-order valence-corrected chi connectivity index (χ1v) is 6.64. The molecule has 0 aromatic rings. The van der Waals surface area contributed by atoms with E-state index in [1.54, 1.807) is 0 Å². The van der Waals surface area contributed by atoms with Crippen LogP contribution in [0.15, 0.2) is 0 Å². The molecule has 1 atom stereocenters. The third-order valence-corrected chi connectivity index (χ3v) is 4.53. The number of hydrogen-bond donors (Lipinski definition) is 2. The van der Waals surface area contributed by atoms with E-state index in [1.165, 1.54) is 25.7 Å². The third kappa shape index (κ3) is 2.24. The monoisotopic (exact) mass is 225 g/mol. The van der Waals surface area contributed by atoms with Crippen LogP contribution in [-0.2, 0) is 4.79 Å². The lowest BCUT2D eigenvalue weighted by atomic mass is 9.65. The molecule has 2 rings (SSSR count). The lowest BCUT2D eigenvalue weighted by Crippen LogP contribution is -2.53. The smallest absolute Gasteiger partial charge is 0.222 e. The molecule has 0 radical (unpaired) electrons. The summed E-state index contributed by atoms with van der Waals surface area (Å²) in [4.78, 5) is 11.2. The van der Waals surface area contributed by atoms with Gasteiger partial charge >= 0.3 is 0 Å². The molecule has 1 amide bonds. The van der Waals surface area contributed by atoms with Gasteiger partial charge in [0.25, 0.3) is 0 Å². The number of carbonyl (C=O) groups excluding carboxylic acids is 1. The van der Waals surface area contributed by atoms with Crippen LogP contribution in [0, 0.1) is 11.3 Å². The molecule has 1 saturated heterocycles. The fraction of sp³-hybridized carbons (Fsp3) is 0.923. The lowest BCUT2D eigenvalue weighted by molar-refractivity contribution is -0.138. The molecule has 0 aromatic heterocycles. The van der Waals surface area contributed by atoms with E-state index >= 15 is 0 Å². The Morgan fingerprint density at radius 1 is 1.38 bits per heavy atom. The van der Waals surface area contributed by atoms with E-state index in [4.69, 9.17) is 0 Å². The van der Waals surface area contributed by atoms with Gasteiger partial charge in [-0.3, -0.25) is 4.79 Å². The summed E-state index contributed by atoms with van der Waals surface area (Å²) in [5.74, 6) is 0.856. The SMILES string of the molecule is CCCC1CCC2(CCC(=O)N[C@@H]2O)CC1. The Kier molecular flexibility index (Phi) is 3.53. The average molecular weight is 225 g/mol. The van der Waals surface area contributed by atoms with Crippen molar-refractivity contribution in [2.24, 2.45) is 11.3 Å². The minimum atomic E-state index is -0.601. The number of amides is 1. The number of carbonyl (C=O) groups is 1. The maximum Gasteiger partial charge on any atom is 0.222 e. The summed E-state index contributed by atoms with van der Waals surface area (Å²) in [6, 6.07) is 0. The van der Waals surface area contributed by atoms with Gasteiger partial charge in [0.2, 0.25) is 5.91 Å². The number of rotatable bonds is 2. The van der Waals surface area contributed by atoms with Crippen molar-refractivity contribution >= 4 is 5.91 Å². The van der Waals surface area contributed by atoms with Gasteiger partial charge < -0.3 is 10.4 Å². The predicted octanol–water partition coefficient (Wildman–Crippen LogP) is 2.19. The van der Waals surface area contributed by atoms with Crippen molar-refractivity contribution in [2.45, 2.75) is 64.5 Å². The van der Waals surface area contributed by atoms with Gasteiger partial charge in [-0.15, -0.1) is 0 Å². The zero-order chi connectivity index (χ0) is 11.6. The highest BCUT2D eigenvalue weighted by atomic mass is 16.3. The molecular weight excluding hydrogens is 202 g/mol. The maximum atomic E-state index is 11.2. The number of piperidine rings is 1. The Morgan fingerprint density at radius 3 is 2.62 bits per heavy atom. The molecule has 2 aliphatic rings. The summed E-state index contributed by atoms with van der Waals surface area (Å²) >= 11 is 0. The molecule has 92 valence electrons. The van der Waals surface area contributed by atoms with Crippen molar-refractivity contribution < 1.29 is 9.90 Å². The van der Waals surface area contributed by atoms with Crippen LogP contribution >= 0.6 is 0 Å². The Morgan fingerprint density at radius 2 is 2.06 bits per heavy atom. The van der Waals surface area contributed by atoms with Gasteiger partial charge in [-0.2, -0.15) is 0 Å². The van der Waals surface area contributed by atoms with Crippen molar-refractivity contribution in [3.8, 4) is 0 Å². The summed E-state index contributed by atoms with van der Waals surface area (Å²) in [6.45, 7) is 2.24. The minimum absolute atomic E-state index is 0.00183. The van der Waals surface area contributed by atoms with Crippen LogP contribution in [0.2, 0.25) is 0 Å². The average Bonchev–Trinajstić information content (AvgIpc) is 2.27. The topological polar surface area (TPSA) is 49.3 Å². The molecule has 0 bridgehead atoms. The minimum Gasteiger partial charge on any atom is -0.373 e. The summed E-state index contributed by atoms with van der Waals surface area (Å²) in [7, 11) is 0. The van der Waals surface area contributed by atoms with Gasteiger partial charge in [-0.05, 0) is 38.0 Å². The number of hydrogen-bond acceptors (Lipinski definition) is 2. The summed E-state index contributed by atoms with van der Waals surface area (Å²) in [6.07, 6.45) is 8.06. The van der Waals surface area contributed by atoms with E-state index in [2.05, 4.69) is 12.2 Å². The molecule has 1 spiro atoms. The molecule has 1 saturated carbocycles. The highest BCUT2D eigenvalue weighted by Gasteiger charge is 2.44. The Labute approximate surface area is 97.6 Å². The van der Waals surface area contributed by atoms with Gasteiger partial charge in [0.15, 0.2) is 0 Å². The molecule has 0 unspecified atom stereocenters. The quantitative estimate of drug-likeness (QED) is 0.757. The molecule has 1 aliphatic heterocycles. The summed E-state index contributed by atoms with van der Waals surface area (Å²) in [5, 5.41) is 12.7. The van der Waals surface area contributed by atoms with Crippen molar-refractivity contribution in [1.29, 1.82) is 0 Å². The molecule has 16 heavy (non-hydrogen) atoms. The van der Waals surface area contributed by atoms with Crippen molar-refractivity contribution in [3.63, 3.8) is 0 Å². The van der Waals surface area contributed by atoms with E-state index in [0.717, 1.165) is 25.2 Å². The molecule has 1 heterocycles.